The standard InChI is InChI=1S/C15H18N8O/c1-7-5-12(21-23-15(18)19)11-6-9(3-4-10(11)13(7)24)8(2)20-22-14(16)17/h3-6H,1-2H3,(H4,16,17,22)(H4,18,19,23)/b20-8-,21-12-. The molecule has 0 saturated heterocycles. The Morgan fingerprint density at radius 1 is 1.12 bits per heavy atom. The SMILES string of the molecule is CC1=C/C(=N/NC(=N)N)c2cc(/C(C)=N\NC(=N)N)ccc2C1=O. The number of nitrogens with two attached hydrogens (primary N) is 2. The number of hydrazone groups is 2. The third-order valence-corrected chi connectivity index (χ3v) is 3.31. The fraction of sp³-hybridized carbons (Fsp3) is 0.133. The Bertz CT molecular complexity index is 819. The number of guanidine groups is 2. The van der Waals surface area contributed by atoms with Crippen molar-refractivity contribution in [2.24, 2.45) is 21.7 Å². The molecule has 8 N–H and O–H groups in total. The van der Waals surface area contributed by atoms with Crippen molar-refractivity contribution in [3.63, 3.8) is 0 Å². The number of carbonyl (C=O) groups excluding carboxylic acids is 1. The zero-order chi connectivity index (χ0) is 17.9. The summed E-state index contributed by atoms with van der Waals surface area (Å²) >= 11 is 0. The van der Waals surface area contributed by atoms with Gasteiger partial charge in [-0.05, 0) is 43.2 Å². The topological polar surface area (TPSA) is 166 Å². The number of fused-ring (bicyclic) bond motifs is 1. The van der Waals surface area contributed by atoms with Gasteiger partial charge in [-0.2, -0.15) is 10.2 Å². The van der Waals surface area contributed by atoms with E-state index >= 15 is 0 Å². The first kappa shape index (κ1) is 16.9. The average Bonchev–Trinajstić information content (AvgIpc) is 2.54. The first-order chi connectivity index (χ1) is 11.3. The van der Waals surface area contributed by atoms with Gasteiger partial charge in [0.2, 0.25) is 11.9 Å². The molecule has 0 atom stereocenters. The van der Waals surface area contributed by atoms with Gasteiger partial charge >= 0.3 is 0 Å². The van der Waals surface area contributed by atoms with Crippen molar-refractivity contribution in [1.82, 2.24) is 10.9 Å². The number of nitrogens with zero attached hydrogens (tertiary/aromatic N) is 2. The summed E-state index contributed by atoms with van der Waals surface area (Å²) in [6.45, 7) is 3.44. The number of nitrogens with one attached hydrogen (secondary N) is 4. The zero-order valence-electron chi connectivity index (χ0n) is 13.3. The molecule has 0 spiro atoms. The maximum absolute atomic E-state index is 12.3. The summed E-state index contributed by atoms with van der Waals surface area (Å²) in [5.74, 6) is -0.657. The summed E-state index contributed by atoms with van der Waals surface area (Å²) in [5, 5.41) is 22.4. The highest BCUT2D eigenvalue weighted by molar-refractivity contribution is 6.26. The van der Waals surface area contributed by atoms with Crippen LogP contribution >= 0.6 is 0 Å². The van der Waals surface area contributed by atoms with Crippen LogP contribution in [0.3, 0.4) is 0 Å². The van der Waals surface area contributed by atoms with Crippen LogP contribution in [0.15, 0.2) is 40.1 Å². The molecule has 0 radical (unpaired) electrons. The van der Waals surface area contributed by atoms with E-state index in [1.165, 1.54) is 0 Å². The van der Waals surface area contributed by atoms with Crippen LogP contribution in [0.5, 0.6) is 0 Å². The number of hydrogen-bond acceptors (Lipinski definition) is 5. The van der Waals surface area contributed by atoms with E-state index in [2.05, 4.69) is 21.1 Å². The molecule has 0 saturated carbocycles. The first-order valence-electron chi connectivity index (χ1n) is 6.99. The van der Waals surface area contributed by atoms with Crippen LogP contribution in [0, 0.1) is 10.8 Å². The second kappa shape index (κ2) is 6.73. The van der Waals surface area contributed by atoms with Gasteiger partial charge < -0.3 is 11.5 Å². The van der Waals surface area contributed by atoms with Gasteiger partial charge in [0.1, 0.15) is 0 Å². The lowest BCUT2D eigenvalue weighted by molar-refractivity contribution is 0.103. The predicted octanol–water partition coefficient (Wildman–Crippen LogP) is 0.223. The van der Waals surface area contributed by atoms with E-state index < -0.39 is 0 Å². The molecule has 0 fully saturated rings. The van der Waals surface area contributed by atoms with Gasteiger partial charge in [0.25, 0.3) is 0 Å². The zero-order valence-corrected chi connectivity index (χ0v) is 13.3. The van der Waals surface area contributed by atoms with Gasteiger partial charge in [0.15, 0.2) is 5.78 Å². The van der Waals surface area contributed by atoms with Crippen molar-refractivity contribution in [3.8, 4) is 0 Å². The minimum atomic E-state index is -0.299. The molecule has 0 aliphatic heterocycles. The molecule has 24 heavy (non-hydrogen) atoms. The van der Waals surface area contributed by atoms with Crippen molar-refractivity contribution in [2.75, 3.05) is 0 Å². The van der Waals surface area contributed by atoms with Crippen molar-refractivity contribution in [1.29, 1.82) is 10.8 Å². The molecule has 0 heterocycles. The fourth-order valence-electron chi connectivity index (χ4n) is 2.16. The maximum Gasteiger partial charge on any atom is 0.206 e. The summed E-state index contributed by atoms with van der Waals surface area (Å²) in [4.78, 5) is 12.3. The quantitative estimate of drug-likeness (QED) is 0.265. The molecule has 0 bridgehead atoms. The fourth-order valence-corrected chi connectivity index (χ4v) is 2.16. The average molecular weight is 326 g/mol. The summed E-state index contributed by atoms with van der Waals surface area (Å²) in [6, 6.07) is 5.21. The molecule has 2 rings (SSSR count). The van der Waals surface area contributed by atoms with Crippen LogP contribution in [-0.2, 0) is 0 Å². The van der Waals surface area contributed by atoms with E-state index in [4.69, 9.17) is 22.3 Å². The molecule has 1 aromatic carbocycles. The minimum absolute atomic E-state index is 0.0882. The molecular weight excluding hydrogens is 308 g/mol. The van der Waals surface area contributed by atoms with Crippen molar-refractivity contribution in [3.05, 3.63) is 46.5 Å². The van der Waals surface area contributed by atoms with Gasteiger partial charge in [-0.25, -0.2) is 10.9 Å². The number of carbonyl (C=O) groups is 1. The van der Waals surface area contributed by atoms with Crippen LogP contribution in [0.2, 0.25) is 0 Å². The van der Waals surface area contributed by atoms with Crippen LogP contribution in [0.1, 0.15) is 35.3 Å². The maximum atomic E-state index is 12.3. The van der Waals surface area contributed by atoms with Crippen LogP contribution in [0.25, 0.3) is 0 Å². The molecule has 9 nitrogen and oxygen atoms in total. The number of benzene rings is 1. The number of rotatable bonds is 3. The highest BCUT2D eigenvalue weighted by atomic mass is 16.1. The Morgan fingerprint density at radius 3 is 2.42 bits per heavy atom. The first-order valence-corrected chi connectivity index (χ1v) is 6.99. The third-order valence-electron chi connectivity index (χ3n) is 3.31. The summed E-state index contributed by atoms with van der Waals surface area (Å²) in [6.07, 6.45) is 1.63. The lowest BCUT2D eigenvalue weighted by atomic mass is 9.88. The molecule has 0 unspecified atom stereocenters. The number of hydrogen-bond donors (Lipinski definition) is 6. The third kappa shape index (κ3) is 3.64. The minimum Gasteiger partial charge on any atom is -0.369 e. The summed E-state index contributed by atoms with van der Waals surface area (Å²) < 4.78 is 0. The lowest BCUT2D eigenvalue weighted by Crippen LogP contribution is -2.28. The van der Waals surface area contributed by atoms with Gasteiger partial charge in [-0.3, -0.25) is 15.6 Å². The molecule has 1 aliphatic carbocycles. The predicted molar refractivity (Wildman–Crippen MR) is 93.4 cm³/mol. The number of allylic oxidation sites excluding steroid dienone is 2. The second-order valence-electron chi connectivity index (χ2n) is 5.16. The van der Waals surface area contributed by atoms with Crippen molar-refractivity contribution >= 4 is 29.1 Å². The molecule has 0 amide bonds. The van der Waals surface area contributed by atoms with Crippen molar-refractivity contribution < 1.29 is 4.79 Å². The highest BCUT2D eigenvalue weighted by Gasteiger charge is 2.22. The Morgan fingerprint density at radius 2 is 1.79 bits per heavy atom. The normalized spacial score (nSPS) is 15.6. The Hall–Kier alpha value is -3.49. The van der Waals surface area contributed by atoms with E-state index in [0.717, 1.165) is 5.56 Å². The molecular formula is C15H18N8O. The molecule has 1 aromatic rings. The Kier molecular flexibility index (Phi) is 4.73. The van der Waals surface area contributed by atoms with E-state index in [1.54, 1.807) is 38.1 Å². The highest BCUT2D eigenvalue weighted by Crippen LogP contribution is 2.23. The van der Waals surface area contributed by atoms with Crippen molar-refractivity contribution in [2.45, 2.75) is 13.8 Å². The van der Waals surface area contributed by atoms with Crippen LogP contribution in [-0.4, -0.2) is 29.1 Å². The van der Waals surface area contributed by atoms with Gasteiger partial charge in [-0.1, -0.05) is 6.07 Å². The monoisotopic (exact) mass is 326 g/mol. The van der Waals surface area contributed by atoms with Crippen LogP contribution < -0.4 is 22.3 Å². The molecule has 124 valence electrons. The summed E-state index contributed by atoms with van der Waals surface area (Å²) in [7, 11) is 0. The Labute approximate surface area is 138 Å². The smallest absolute Gasteiger partial charge is 0.206 e. The second-order valence-corrected chi connectivity index (χ2v) is 5.16. The Balaban J connectivity index is 2.49. The molecule has 9 heteroatoms. The molecule has 1 aliphatic rings. The van der Waals surface area contributed by atoms with Gasteiger partial charge in [0, 0.05) is 11.1 Å². The van der Waals surface area contributed by atoms with E-state index in [9.17, 15) is 4.79 Å². The van der Waals surface area contributed by atoms with E-state index in [1.807, 2.05) is 0 Å². The molecule has 0 aromatic heterocycles. The van der Waals surface area contributed by atoms with Gasteiger partial charge in [0.05, 0.1) is 11.4 Å². The summed E-state index contributed by atoms with van der Waals surface area (Å²) in [5.41, 5.74) is 18.7. The van der Waals surface area contributed by atoms with E-state index in [-0.39, 0.29) is 17.7 Å². The number of Topliss-reactive ketones (excluding diaryl/α,β-unsaturated/α-hetero) is 1. The number of ketones is 1. The van der Waals surface area contributed by atoms with E-state index in [0.29, 0.717) is 28.1 Å². The largest absolute Gasteiger partial charge is 0.369 e. The van der Waals surface area contributed by atoms with Crippen LogP contribution in [0.4, 0.5) is 0 Å². The van der Waals surface area contributed by atoms with Gasteiger partial charge in [-0.15, -0.1) is 0 Å². The lowest BCUT2D eigenvalue weighted by Gasteiger charge is -2.17.